The maximum atomic E-state index is 9.33. The number of benzene rings is 1. The van der Waals surface area contributed by atoms with Gasteiger partial charge in [0.05, 0.1) is 18.4 Å². The molecule has 5 nitrogen and oxygen atoms in total. The van der Waals surface area contributed by atoms with Gasteiger partial charge in [-0.05, 0) is 31.5 Å². The van der Waals surface area contributed by atoms with Crippen LogP contribution in [0.1, 0.15) is 35.1 Å². The van der Waals surface area contributed by atoms with E-state index in [-0.39, 0.29) is 6.04 Å². The van der Waals surface area contributed by atoms with Crippen LogP contribution in [0, 0.1) is 18.3 Å². The number of aromatic nitrogens is 3. The Labute approximate surface area is 145 Å². The quantitative estimate of drug-likeness (QED) is 0.660. The number of aliphatic imine (C=N–C) groups is 1. The molecule has 0 aliphatic carbocycles. The Morgan fingerprint density at radius 2 is 2.12 bits per heavy atom. The molecule has 2 atom stereocenters. The average molecular weight is 335 g/mol. The normalized spacial score (nSPS) is 13.7. The fraction of sp³-hybridized carbons (Fsp3) is 0.222. The van der Waals surface area contributed by atoms with Crippen LogP contribution >= 0.6 is 11.3 Å². The molecule has 2 aromatic heterocycles. The van der Waals surface area contributed by atoms with Crippen LogP contribution in [0.4, 0.5) is 0 Å². The van der Waals surface area contributed by atoms with Crippen molar-refractivity contribution in [3.63, 3.8) is 0 Å². The molecule has 0 bridgehead atoms. The summed E-state index contributed by atoms with van der Waals surface area (Å²) in [5.74, 6) is -0.392. The Kier molecular flexibility index (Phi) is 4.82. The minimum Gasteiger partial charge on any atom is -0.306 e. The molecule has 0 amide bonds. The summed E-state index contributed by atoms with van der Waals surface area (Å²) in [6, 6.07) is 10.4. The van der Waals surface area contributed by atoms with Crippen molar-refractivity contribution in [3.8, 4) is 11.8 Å². The molecule has 24 heavy (non-hydrogen) atoms. The zero-order valence-corrected chi connectivity index (χ0v) is 14.3. The van der Waals surface area contributed by atoms with E-state index >= 15 is 0 Å². The highest BCUT2D eigenvalue weighted by molar-refractivity contribution is 7.09. The minimum atomic E-state index is -0.392. The van der Waals surface area contributed by atoms with Gasteiger partial charge in [-0.1, -0.05) is 12.1 Å². The van der Waals surface area contributed by atoms with Gasteiger partial charge in [0.1, 0.15) is 10.9 Å². The van der Waals surface area contributed by atoms with Crippen LogP contribution in [0.3, 0.4) is 0 Å². The lowest BCUT2D eigenvalue weighted by Gasteiger charge is -2.09. The van der Waals surface area contributed by atoms with Crippen LogP contribution < -0.4 is 0 Å². The molecule has 0 aliphatic heterocycles. The molecule has 0 spiro atoms. The third-order valence-electron chi connectivity index (χ3n) is 3.68. The predicted molar refractivity (Wildman–Crippen MR) is 95.7 cm³/mol. The van der Waals surface area contributed by atoms with E-state index in [9.17, 15) is 5.26 Å². The largest absolute Gasteiger partial charge is 0.306 e. The molecule has 0 N–H and O–H groups in total. The van der Waals surface area contributed by atoms with Crippen molar-refractivity contribution in [2.45, 2.75) is 25.8 Å². The number of thiazole rings is 1. The number of nitrogens with zero attached hydrogens (tertiary/aromatic N) is 5. The topological polar surface area (TPSA) is 66.9 Å². The number of hydrogen-bond acceptors (Lipinski definition) is 5. The van der Waals surface area contributed by atoms with Gasteiger partial charge in [-0.25, -0.2) is 9.97 Å². The van der Waals surface area contributed by atoms with Gasteiger partial charge in [0.2, 0.25) is 0 Å². The van der Waals surface area contributed by atoms with Crippen LogP contribution in [0.15, 0.2) is 53.4 Å². The van der Waals surface area contributed by atoms with E-state index in [0.29, 0.717) is 0 Å². The third-order valence-corrected chi connectivity index (χ3v) is 4.72. The summed E-state index contributed by atoms with van der Waals surface area (Å²) in [6.45, 7) is 3.94. The van der Waals surface area contributed by atoms with Crippen molar-refractivity contribution in [1.82, 2.24) is 14.5 Å². The van der Waals surface area contributed by atoms with E-state index in [4.69, 9.17) is 0 Å². The molecule has 0 fully saturated rings. The van der Waals surface area contributed by atoms with Crippen molar-refractivity contribution < 1.29 is 0 Å². The minimum absolute atomic E-state index is 0.0150. The van der Waals surface area contributed by atoms with Crippen LogP contribution in [-0.2, 0) is 0 Å². The van der Waals surface area contributed by atoms with Crippen molar-refractivity contribution in [3.05, 3.63) is 64.6 Å². The van der Waals surface area contributed by atoms with Gasteiger partial charge in [0.25, 0.3) is 0 Å². The van der Waals surface area contributed by atoms with Gasteiger partial charge in [0.15, 0.2) is 0 Å². The Hall–Kier alpha value is -2.78. The molecule has 3 rings (SSSR count). The van der Waals surface area contributed by atoms with Gasteiger partial charge in [-0.15, -0.1) is 11.3 Å². The summed E-state index contributed by atoms with van der Waals surface area (Å²) in [5.41, 5.74) is 3.09. The highest BCUT2D eigenvalue weighted by Crippen LogP contribution is 2.22. The summed E-state index contributed by atoms with van der Waals surface area (Å²) in [7, 11) is 0. The lowest BCUT2D eigenvalue weighted by Crippen LogP contribution is -1.99. The van der Waals surface area contributed by atoms with E-state index in [2.05, 4.69) is 21.0 Å². The molecule has 0 saturated carbocycles. The number of hydrogen-bond donors (Lipinski definition) is 0. The highest BCUT2D eigenvalue weighted by atomic mass is 32.1. The van der Waals surface area contributed by atoms with Gasteiger partial charge >= 0.3 is 0 Å². The van der Waals surface area contributed by atoms with Crippen molar-refractivity contribution in [2.24, 2.45) is 4.99 Å². The zero-order valence-electron chi connectivity index (χ0n) is 13.5. The fourth-order valence-electron chi connectivity index (χ4n) is 2.31. The van der Waals surface area contributed by atoms with Crippen LogP contribution in [-0.4, -0.2) is 20.7 Å². The van der Waals surface area contributed by atoms with Gasteiger partial charge in [0, 0.05) is 35.4 Å². The molecule has 2 heterocycles. The first-order valence-electron chi connectivity index (χ1n) is 7.60. The first kappa shape index (κ1) is 16.1. The number of nitriles is 1. The standard InChI is InChI=1S/C18H17N5S/c1-13-11-24-18(22-13)16(9-19)10-21-14(2)15-3-5-17(6-4-15)23-8-7-20-12-23/h3-8,10-12,14,16H,1-2H3/t14-,16-/m0/s1. The maximum absolute atomic E-state index is 9.33. The molecule has 0 aliphatic rings. The Morgan fingerprint density at radius 1 is 1.33 bits per heavy atom. The van der Waals surface area contributed by atoms with Gasteiger partial charge < -0.3 is 4.57 Å². The van der Waals surface area contributed by atoms with Crippen LogP contribution in [0.2, 0.25) is 0 Å². The lowest BCUT2D eigenvalue weighted by atomic mass is 10.1. The molecule has 1 aromatic carbocycles. The molecule has 120 valence electrons. The molecular formula is C18H17N5S. The van der Waals surface area contributed by atoms with E-state index in [1.807, 2.05) is 54.3 Å². The van der Waals surface area contributed by atoms with E-state index in [1.54, 1.807) is 18.7 Å². The summed E-state index contributed by atoms with van der Waals surface area (Å²) in [4.78, 5) is 13.0. The first-order chi connectivity index (χ1) is 11.7. The van der Waals surface area contributed by atoms with E-state index in [1.165, 1.54) is 11.3 Å². The van der Waals surface area contributed by atoms with E-state index < -0.39 is 5.92 Å². The number of imidazole rings is 1. The Bertz CT molecular complexity index is 856. The second-order valence-corrected chi connectivity index (χ2v) is 6.36. The molecule has 0 saturated heterocycles. The molecule has 0 radical (unpaired) electrons. The SMILES string of the molecule is Cc1csc([C@@H](C#N)C=N[C@@H](C)c2ccc(-n3ccnc3)cc2)n1. The Balaban J connectivity index is 1.72. The second kappa shape index (κ2) is 7.20. The predicted octanol–water partition coefficient (Wildman–Crippen LogP) is 4.08. The number of aryl methyl sites for hydroxylation is 1. The van der Waals surface area contributed by atoms with E-state index in [0.717, 1.165) is 22.0 Å². The molecule has 0 unspecified atom stereocenters. The van der Waals surface area contributed by atoms with Crippen molar-refractivity contribution >= 4 is 17.6 Å². The summed E-state index contributed by atoms with van der Waals surface area (Å²) < 4.78 is 1.95. The zero-order chi connectivity index (χ0) is 16.9. The smallest absolute Gasteiger partial charge is 0.133 e. The molecular weight excluding hydrogens is 318 g/mol. The van der Waals surface area contributed by atoms with Crippen LogP contribution in [0.25, 0.3) is 5.69 Å². The monoisotopic (exact) mass is 335 g/mol. The lowest BCUT2D eigenvalue weighted by molar-refractivity contribution is 0.818. The fourth-order valence-corrected chi connectivity index (χ4v) is 3.11. The average Bonchev–Trinajstić information content (AvgIpc) is 3.27. The summed E-state index contributed by atoms with van der Waals surface area (Å²) in [5, 5.41) is 12.1. The van der Waals surface area contributed by atoms with Crippen molar-refractivity contribution in [1.29, 1.82) is 5.26 Å². The number of rotatable bonds is 5. The summed E-state index contributed by atoms with van der Waals surface area (Å²) >= 11 is 1.50. The molecule has 3 aromatic rings. The maximum Gasteiger partial charge on any atom is 0.133 e. The molecule has 6 heteroatoms. The van der Waals surface area contributed by atoms with Gasteiger partial charge in [-0.2, -0.15) is 5.26 Å². The third kappa shape index (κ3) is 3.58. The van der Waals surface area contributed by atoms with Crippen LogP contribution in [0.5, 0.6) is 0 Å². The highest BCUT2D eigenvalue weighted by Gasteiger charge is 2.12. The first-order valence-corrected chi connectivity index (χ1v) is 8.48. The van der Waals surface area contributed by atoms with Gasteiger partial charge in [-0.3, -0.25) is 4.99 Å². The summed E-state index contributed by atoms with van der Waals surface area (Å²) in [6.07, 6.45) is 7.13. The van der Waals surface area contributed by atoms with Crippen molar-refractivity contribution in [2.75, 3.05) is 0 Å². The second-order valence-electron chi connectivity index (χ2n) is 5.47. The Morgan fingerprint density at radius 3 is 2.71 bits per heavy atom.